The van der Waals surface area contributed by atoms with Gasteiger partial charge in [-0.05, 0) is 30.0 Å². The van der Waals surface area contributed by atoms with E-state index in [1.807, 2.05) is 24.3 Å². The summed E-state index contributed by atoms with van der Waals surface area (Å²) in [6, 6.07) is 7.85. The minimum atomic E-state index is -0.325. The highest BCUT2D eigenvalue weighted by Crippen LogP contribution is 2.34. The number of rotatable bonds is 6. The van der Waals surface area contributed by atoms with E-state index in [4.69, 9.17) is 10.5 Å². The molecule has 1 aliphatic carbocycles. The zero-order valence-electron chi connectivity index (χ0n) is 11.0. The van der Waals surface area contributed by atoms with Crippen molar-refractivity contribution in [3.63, 3.8) is 0 Å². The lowest BCUT2D eigenvalue weighted by molar-refractivity contribution is 0.0951. The van der Waals surface area contributed by atoms with Gasteiger partial charge in [0.25, 0.3) is 0 Å². The predicted octanol–water partition coefficient (Wildman–Crippen LogP) is 2.29. The van der Waals surface area contributed by atoms with Crippen LogP contribution in [0.5, 0.6) is 5.75 Å². The molecule has 1 fully saturated rings. The SMILES string of the molecule is COc1ccc(C(CN)C(O)CC2CCC2)cc1. The summed E-state index contributed by atoms with van der Waals surface area (Å²) in [5.74, 6) is 1.58. The van der Waals surface area contributed by atoms with Crippen LogP contribution in [0, 0.1) is 5.92 Å². The molecule has 0 aliphatic heterocycles. The van der Waals surface area contributed by atoms with Gasteiger partial charge in [0.1, 0.15) is 5.75 Å². The Labute approximate surface area is 109 Å². The Kier molecular flexibility index (Phi) is 4.61. The lowest BCUT2D eigenvalue weighted by Gasteiger charge is -2.31. The van der Waals surface area contributed by atoms with Gasteiger partial charge in [0, 0.05) is 12.5 Å². The van der Waals surface area contributed by atoms with Gasteiger partial charge >= 0.3 is 0 Å². The molecule has 2 unspecified atom stereocenters. The van der Waals surface area contributed by atoms with Crippen LogP contribution in [0.4, 0.5) is 0 Å². The normalized spacial score (nSPS) is 19.1. The number of methoxy groups -OCH3 is 1. The third-order valence-electron chi connectivity index (χ3n) is 4.06. The lowest BCUT2D eigenvalue weighted by atomic mass is 9.78. The molecular weight excluding hydrogens is 226 g/mol. The van der Waals surface area contributed by atoms with Crippen molar-refractivity contribution in [1.29, 1.82) is 0 Å². The fourth-order valence-corrected chi connectivity index (χ4v) is 2.60. The summed E-state index contributed by atoms with van der Waals surface area (Å²) in [5.41, 5.74) is 6.92. The van der Waals surface area contributed by atoms with Crippen molar-refractivity contribution in [2.75, 3.05) is 13.7 Å². The molecule has 0 aromatic heterocycles. The van der Waals surface area contributed by atoms with Crippen LogP contribution >= 0.6 is 0 Å². The van der Waals surface area contributed by atoms with Crippen LogP contribution in [0.2, 0.25) is 0 Å². The summed E-state index contributed by atoms with van der Waals surface area (Å²) in [4.78, 5) is 0. The van der Waals surface area contributed by atoms with Crippen molar-refractivity contribution in [2.45, 2.75) is 37.7 Å². The Morgan fingerprint density at radius 3 is 2.44 bits per heavy atom. The first-order valence-corrected chi connectivity index (χ1v) is 6.76. The minimum absolute atomic E-state index is 0.0384. The maximum atomic E-state index is 10.3. The maximum Gasteiger partial charge on any atom is 0.118 e. The van der Waals surface area contributed by atoms with Gasteiger partial charge in [-0.25, -0.2) is 0 Å². The fraction of sp³-hybridized carbons (Fsp3) is 0.600. The first-order chi connectivity index (χ1) is 8.74. The third-order valence-corrected chi connectivity index (χ3v) is 4.06. The summed E-state index contributed by atoms with van der Waals surface area (Å²) in [7, 11) is 1.65. The Balaban J connectivity index is 2.00. The zero-order chi connectivity index (χ0) is 13.0. The van der Waals surface area contributed by atoms with Gasteiger partial charge in [0.2, 0.25) is 0 Å². The number of ether oxygens (including phenoxy) is 1. The van der Waals surface area contributed by atoms with E-state index in [9.17, 15) is 5.11 Å². The van der Waals surface area contributed by atoms with Gasteiger partial charge in [0.15, 0.2) is 0 Å². The van der Waals surface area contributed by atoms with Gasteiger partial charge in [-0.2, -0.15) is 0 Å². The molecule has 1 saturated carbocycles. The van der Waals surface area contributed by atoms with Crippen molar-refractivity contribution in [2.24, 2.45) is 11.7 Å². The second kappa shape index (κ2) is 6.21. The molecule has 3 N–H and O–H groups in total. The molecule has 2 atom stereocenters. The van der Waals surface area contributed by atoms with Gasteiger partial charge < -0.3 is 15.6 Å². The number of aliphatic hydroxyl groups is 1. The van der Waals surface area contributed by atoms with Crippen LogP contribution in [0.25, 0.3) is 0 Å². The van der Waals surface area contributed by atoms with Crippen LogP contribution < -0.4 is 10.5 Å². The fourth-order valence-electron chi connectivity index (χ4n) is 2.60. The van der Waals surface area contributed by atoms with E-state index in [0.717, 1.165) is 17.7 Å². The first kappa shape index (κ1) is 13.4. The standard InChI is InChI=1S/C15H23NO2/c1-18-13-7-5-12(6-8-13)14(10-16)15(17)9-11-3-2-4-11/h5-8,11,14-15,17H,2-4,9-10,16H2,1H3. The Hall–Kier alpha value is -1.06. The molecule has 0 spiro atoms. The Morgan fingerprint density at radius 2 is 2.00 bits per heavy atom. The van der Waals surface area contributed by atoms with Gasteiger partial charge in [-0.1, -0.05) is 31.4 Å². The number of nitrogens with two attached hydrogens (primary N) is 1. The molecule has 0 saturated heterocycles. The minimum Gasteiger partial charge on any atom is -0.497 e. The summed E-state index contributed by atoms with van der Waals surface area (Å²) < 4.78 is 5.14. The highest BCUT2D eigenvalue weighted by molar-refractivity contribution is 5.30. The highest BCUT2D eigenvalue weighted by atomic mass is 16.5. The molecule has 100 valence electrons. The smallest absolute Gasteiger partial charge is 0.118 e. The number of hydrogen-bond donors (Lipinski definition) is 2. The Morgan fingerprint density at radius 1 is 1.33 bits per heavy atom. The topological polar surface area (TPSA) is 55.5 Å². The molecule has 0 heterocycles. The average Bonchev–Trinajstić information content (AvgIpc) is 2.35. The maximum absolute atomic E-state index is 10.3. The first-order valence-electron chi connectivity index (χ1n) is 6.76. The number of benzene rings is 1. The van der Waals surface area contributed by atoms with Crippen molar-refractivity contribution in [3.8, 4) is 5.75 Å². The van der Waals surface area contributed by atoms with Crippen LogP contribution in [-0.4, -0.2) is 24.9 Å². The van der Waals surface area contributed by atoms with Gasteiger partial charge in [-0.15, -0.1) is 0 Å². The Bertz CT molecular complexity index is 359. The summed E-state index contributed by atoms with van der Waals surface area (Å²) in [6.45, 7) is 0.486. The van der Waals surface area contributed by atoms with Gasteiger partial charge in [0.05, 0.1) is 13.2 Å². The van der Waals surface area contributed by atoms with Crippen molar-refractivity contribution in [3.05, 3.63) is 29.8 Å². The average molecular weight is 249 g/mol. The summed E-state index contributed by atoms with van der Waals surface area (Å²) in [6.07, 6.45) is 4.39. The molecule has 0 amide bonds. The van der Waals surface area contributed by atoms with Gasteiger partial charge in [-0.3, -0.25) is 0 Å². The highest BCUT2D eigenvalue weighted by Gasteiger charge is 2.26. The van der Waals surface area contributed by atoms with Crippen LogP contribution in [0.1, 0.15) is 37.2 Å². The molecule has 18 heavy (non-hydrogen) atoms. The molecule has 1 aliphatic rings. The molecule has 2 rings (SSSR count). The van der Waals surface area contributed by atoms with Crippen LogP contribution in [0.15, 0.2) is 24.3 Å². The van der Waals surface area contributed by atoms with Crippen LogP contribution in [-0.2, 0) is 0 Å². The quantitative estimate of drug-likeness (QED) is 0.813. The van der Waals surface area contributed by atoms with Crippen LogP contribution in [0.3, 0.4) is 0 Å². The van der Waals surface area contributed by atoms with Crippen molar-refractivity contribution >= 4 is 0 Å². The predicted molar refractivity (Wildman–Crippen MR) is 72.8 cm³/mol. The number of aliphatic hydroxyl groups excluding tert-OH is 1. The summed E-state index contributed by atoms with van der Waals surface area (Å²) >= 11 is 0. The largest absolute Gasteiger partial charge is 0.497 e. The molecule has 1 aromatic carbocycles. The molecular formula is C15H23NO2. The second-order valence-electron chi connectivity index (χ2n) is 5.22. The van der Waals surface area contributed by atoms with E-state index in [1.165, 1.54) is 19.3 Å². The lowest BCUT2D eigenvalue weighted by Crippen LogP contribution is -2.29. The number of hydrogen-bond acceptors (Lipinski definition) is 3. The molecule has 0 bridgehead atoms. The zero-order valence-corrected chi connectivity index (χ0v) is 11.0. The molecule has 1 aromatic rings. The summed E-state index contributed by atoms with van der Waals surface area (Å²) in [5, 5.41) is 10.3. The monoisotopic (exact) mass is 249 g/mol. The molecule has 3 heteroatoms. The van der Waals surface area contributed by atoms with E-state index in [-0.39, 0.29) is 12.0 Å². The molecule has 3 nitrogen and oxygen atoms in total. The van der Waals surface area contributed by atoms with E-state index in [2.05, 4.69) is 0 Å². The molecule has 0 radical (unpaired) electrons. The van der Waals surface area contributed by atoms with E-state index < -0.39 is 0 Å². The van der Waals surface area contributed by atoms with E-state index in [1.54, 1.807) is 7.11 Å². The van der Waals surface area contributed by atoms with Crippen molar-refractivity contribution < 1.29 is 9.84 Å². The van der Waals surface area contributed by atoms with E-state index >= 15 is 0 Å². The van der Waals surface area contributed by atoms with Crippen molar-refractivity contribution in [1.82, 2.24) is 0 Å². The second-order valence-corrected chi connectivity index (χ2v) is 5.22. The third kappa shape index (κ3) is 3.03. The van der Waals surface area contributed by atoms with E-state index in [0.29, 0.717) is 12.5 Å².